The lowest BCUT2D eigenvalue weighted by molar-refractivity contribution is -0.156. The van der Waals surface area contributed by atoms with Crippen molar-refractivity contribution in [3.63, 3.8) is 0 Å². The molecule has 1 heterocycles. The number of benzene rings is 1. The number of rotatable bonds is 5. The molecule has 0 unspecified atom stereocenters. The summed E-state index contributed by atoms with van der Waals surface area (Å²) in [5, 5.41) is 0.0612. The summed E-state index contributed by atoms with van der Waals surface area (Å²) < 4.78 is 18.5. The van der Waals surface area contributed by atoms with E-state index in [1.807, 2.05) is 44.2 Å². The van der Waals surface area contributed by atoms with Gasteiger partial charge in [0, 0.05) is 0 Å². The molecule has 1 aromatic rings. The Hall–Kier alpha value is -1.01. The van der Waals surface area contributed by atoms with Gasteiger partial charge in [-0.2, -0.15) is 0 Å². The van der Waals surface area contributed by atoms with Crippen molar-refractivity contribution in [1.82, 2.24) is 0 Å². The van der Waals surface area contributed by atoms with Crippen LogP contribution >= 0.6 is 0 Å². The molecule has 4 nitrogen and oxygen atoms in total. The number of ether oxygens (including phenoxy) is 2. The number of hydrogen-bond acceptors (Lipinski definition) is 4. The van der Waals surface area contributed by atoms with Gasteiger partial charge in [-0.3, -0.25) is 0 Å². The summed E-state index contributed by atoms with van der Waals surface area (Å²) in [6.45, 7) is 14.7. The Labute approximate surface area is 146 Å². The highest BCUT2D eigenvalue weighted by Gasteiger charge is 2.49. The van der Waals surface area contributed by atoms with Crippen LogP contribution in [0.2, 0.25) is 18.1 Å². The summed E-state index contributed by atoms with van der Waals surface area (Å²) in [6.07, 6.45) is -0.585. The van der Waals surface area contributed by atoms with Crippen LogP contribution in [0.1, 0.15) is 46.3 Å². The maximum absolute atomic E-state index is 11.6. The lowest BCUT2D eigenvalue weighted by Crippen LogP contribution is -2.45. The fourth-order valence-electron chi connectivity index (χ4n) is 2.62. The molecule has 0 spiro atoms. The molecule has 1 aromatic carbocycles. The van der Waals surface area contributed by atoms with Crippen molar-refractivity contribution in [2.45, 2.75) is 76.8 Å². The Morgan fingerprint density at radius 1 is 1.17 bits per heavy atom. The van der Waals surface area contributed by atoms with Crippen LogP contribution in [-0.2, 0) is 18.7 Å². The highest BCUT2D eigenvalue weighted by Crippen LogP contribution is 2.43. The van der Waals surface area contributed by atoms with Crippen LogP contribution in [0.25, 0.3) is 0 Å². The third-order valence-corrected chi connectivity index (χ3v) is 9.41. The monoisotopic (exact) mass is 350 g/mol. The first-order valence-electron chi connectivity index (χ1n) is 8.50. The molecular formula is C19H30O4Si. The van der Waals surface area contributed by atoms with E-state index in [-0.39, 0.29) is 11.1 Å². The van der Waals surface area contributed by atoms with Gasteiger partial charge in [0.05, 0.1) is 6.10 Å². The molecule has 1 saturated heterocycles. The van der Waals surface area contributed by atoms with Crippen LogP contribution in [0, 0.1) is 0 Å². The van der Waals surface area contributed by atoms with E-state index in [4.69, 9.17) is 13.9 Å². The maximum atomic E-state index is 11.6. The first-order valence-corrected chi connectivity index (χ1v) is 11.4. The zero-order valence-electron chi connectivity index (χ0n) is 15.8. The topological polar surface area (TPSA) is 44.8 Å². The predicted octanol–water partition coefficient (Wildman–Crippen LogP) is 4.47. The van der Waals surface area contributed by atoms with Crippen LogP contribution in [0.3, 0.4) is 0 Å². The lowest BCUT2D eigenvalue weighted by atomic mass is 10.0. The summed E-state index contributed by atoms with van der Waals surface area (Å²) in [5.41, 5.74) is 1.01. The molecule has 3 atom stereocenters. The van der Waals surface area contributed by atoms with Crippen molar-refractivity contribution in [2.75, 3.05) is 0 Å². The number of aldehydes is 1. The van der Waals surface area contributed by atoms with Crippen molar-refractivity contribution in [2.24, 2.45) is 0 Å². The molecule has 24 heavy (non-hydrogen) atoms. The number of carbonyl (C=O) groups excluding carboxylic acids is 1. The van der Waals surface area contributed by atoms with Crippen LogP contribution in [0.5, 0.6) is 0 Å². The summed E-state index contributed by atoms with van der Waals surface area (Å²) in [7, 11) is -2.06. The minimum absolute atomic E-state index is 0.0612. The predicted molar refractivity (Wildman–Crippen MR) is 97.4 cm³/mol. The second-order valence-corrected chi connectivity index (χ2v) is 13.2. The Balaban J connectivity index is 2.39. The molecule has 0 saturated carbocycles. The van der Waals surface area contributed by atoms with Crippen molar-refractivity contribution in [1.29, 1.82) is 0 Å². The fraction of sp³-hybridized carbons (Fsp3) is 0.632. The summed E-state index contributed by atoms with van der Waals surface area (Å²) in [5.74, 6) is -0.792. The Morgan fingerprint density at radius 3 is 2.25 bits per heavy atom. The molecular weight excluding hydrogens is 320 g/mol. The van der Waals surface area contributed by atoms with Gasteiger partial charge in [0.1, 0.15) is 12.2 Å². The van der Waals surface area contributed by atoms with E-state index in [1.165, 1.54) is 0 Å². The highest BCUT2D eigenvalue weighted by atomic mass is 28.4. The summed E-state index contributed by atoms with van der Waals surface area (Å²) in [4.78, 5) is 11.6. The second-order valence-electron chi connectivity index (χ2n) is 8.41. The molecule has 134 valence electrons. The minimum atomic E-state index is -2.06. The van der Waals surface area contributed by atoms with Crippen LogP contribution in [0.15, 0.2) is 30.3 Å². The van der Waals surface area contributed by atoms with Crippen molar-refractivity contribution < 1.29 is 18.7 Å². The van der Waals surface area contributed by atoms with E-state index in [0.29, 0.717) is 0 Å². The average Bonchev–Trinajstić information content (AvgIpc) is 2.79. The molecule has 0 amide bonds. The first-order chi connectivity index (χ1) is 11.0. The van der Waals surface area contributed by atoms with Crippen molar-refractivity contribution in [3.05, 3.63) is 35.9 Å². The van der Waals surface area contributed by atoms with Gasteiger partial charge >= 0.3 is 0 Å². The smallest absolute Gasteiger partial charge is 0.193 e. The van der Waals surface area contributed by atoms with E-state index in [9.17, 15) is 4.79 Å². The normalized spacial score (nSPS) is 25.5. The van der Waals surface area contributed by atoms with Gasteiger partial charge in [0.25, 0.3) is 0 Å². The number of hydrogen-bond donors (Lipinski definition) is 0. The zero-order chi connectivity index (χ0) is 18.2. The molecule has 0 bridgehead atoms. The van der Waals surface area contributed by atoms with E-state index in [0.717, 1.165) is 11.8 Å². The van der Waals surface area contributed by atoms with Crippen LogP contribution in [0.4, 0.5) is 0 Å². The summed E-state index contributed by atoms with van der Waals surface area (Å²) >= 11 is 0. The van der Waals surface area contributed by atoms with Gasteiger partial charge in [0.2, 0.25) is 0 Å². The molecule has 0 radical (unpaired) electrons. The van der Waals surface area contributed by atoms with Crippen molar-refractivity contribution in [3.8, 4) is 0 Å². The fourth-order valence-corrected chi connectivity index (χ4v) is 3.88. The lowest BCUT2D eigenvalue weighted by Gasteiger charge is -2.41. The highest BCUT2D eigenvalue weighted by molar-refractivity contribution is 6.74. The molecule has 2 rings (SSSR count). The molecule has 0 aromatic heterocycles. The van der Waals surface area contributed by atoms with E-state index in [2.05, 4.69) is 33.9 Å². The Bertz CT molecular complexity index is 562. The van der Waals surface area contributed by atoms with Crippen LogP contribution < -0.4 is 0 Å². The third kappa shape index (κ3) is 4.14. The second kappa shape index (κ2) is 6.71. The van der Waals surface area contributed by atoms with Gasteiger partial charge in [0.15, 0.2) is 20.4 Å². The molecule has 0 N–H and O–H groups in total. The zero-order valence-corrected chi connectivity index (χ0v) is 16.8. The average molecular weight is 351 g/mol. The SMILES string of the molecule is CC1(C)O[C@@H]([C@H](O[Si](C)(C)C(C)(C)C)c2ccccc2)[C@H](C=O)O1. The molecule has 1 aliphatic heterocycles. The molecule has 0 aliphatic carbocycles. The van der Waals surface area contributed by atoms with Gasteiger partial charge in [-0.1, -0.05) is 51.1 Å². The number of carbonyl (C=O) groups is 1. The standard InChI is InChI=1S/C19H30O4Si/c1-18(2,3)24(6,7)23-16(14-11-9-8-10-12-14)17-15(13-20)21-19(4,5)22-17/h8-13,15-17H,1-7H3/t15-,16+,17+/m0/s1. The quantitative estimate of drug-likeness (QED) is 0.580. The van der Waals surface area contributed by atoms with E-state index < -0.39 is 26.3 Å². The first kappa shape index (κ1) is 19.3. The van der Waals surface area contributed by atoms with Crippen LogP contribution in [-0.4, -0.2) is 32.6 Å². The molecule has 5 heteroatoms. The maximum Gasteiger partial charge on any atom is 0.193 e. The Kier molecular flexibility index (Phi) is 5.40. The van der Waals surface area contributed by atoms with E-state index >= 15 is 0 Å². The van der Waals surface area contributed by atoms with Gasteiger partial charge in [-0.05, 0) is 37.5 Å². The molecule has 1 aliphatic rings. The minimum Gasteiger partial charge on any atom is -0.407 e. The van der Waals surface area contributed by atoms with E-state index in [1.54, 1.807) is 0 Å². The summed E-state index contributed by atoms with van der Waals surface area (Å²) in [6, 6.07) is 9.98. The Morgan fingerprint density at radius 2 is 1.75 bits per heavy atom. The van der Waals surface area contributed by atoms with Gasteiger partial charge in [-0.25, -0.2) is 0 Å². The molecule has 1 fully saturated rings. The van der Waals surface area contributed by atoms with Gasteiger partial charge < -0.3 is 18.7 Å². The third-order valence-electron chi connectivity index (χ3n) is 4.95. The van der Waals surface area contributed by atoms with Crippen molar-refractivity contribution >= 4 is 14.6 Å². The van der Waals surface area contributed by atoms with Gasteiger partial charge in [-0.15, -0.1) is 0 Å². The largest absolute Gasteiger partial charge is 0.407 e.